The van der Waals surface area contributed by atoms with Gasteiger partial charge in [0.25, 0.3) is 0 Å². The van der Waals surface area contributed by atoms with Crippen LogP contribution in [0.15, 0.2) is 65.4 Å². The summed E-state index contributed by atoms with van der Waals surface area (Å²) in [6.45, 7) is 4.92. The number of benzene rings is 2. The molecule has 44 heavy (non-hydrogen) atoms. The zero-order chi connectivity index (χ0) is 31.7. The van der Waals surface area contributed by atoms with Crippen LogP contribution in [0.4, 0.5) is 24.7 Å². The molecule has 3 aromatic heterocycles. The molecular weight excluding hydrogens is 581 g/mol. The topological polar surface area (TPSA) is 180 Å². The van der Waals surface area contributed by atoms with Crippen molar-refractivity contribution >= 4 is 28.5 Å². The molecule has 0 aliphatic heterocycles. The van der Waals surface area contributed by atoms with E-state index in [0.29, 0.717) is 35.9 Å². The number of aliphatic carboxylic acids is 1. The molecule has 0 fully saturated rings. The zero-order valence-electron chi connectivity index (χ0n) is 23.7. The number of halogens is 3. The number of aromatic nitrogens is 5. The van der Waals surface area contributed by atoms with E-state index in [1.165, 1.54) is 5.56 Å². The molecule has 12 nitrogen and oxygen atoms in total. The monoisotopic (exact) mass is 612 g/mol. The molecule has 0 spiro atoms. The van der Waals surface area contributed by atoms with Crippen LogP contribution in [0.1, 0.15) is 18.9 Å². The number of carboxylic acids is 1. The van der Waals surface area contributed by atoms with Crippen LogP contribution in [-0.2, 0) is 17.8 Å². The van der Waals surface area contributed by atoms with Gasteiger partial charge in [0.2, 0.25) is 0 Å². The Morgan fingerprint density at radius 2 is 1.75 bits per heavy atom. The number of alkyl halides is 3. The second-order valence-corrected chi connectivity index (χ2v) is 9.46. The van der Waals surface area contributed by atoms with E-state index in [2.05, 4.69) is 27.8 Å². The molecule has 0 bridgehead atoms. The highest BCUT2D eigenvalue weighted by Gasteiger charge is 2.38. The number of anilines is 2. The molecule has 0 unspecified atom stereocenters. The Morgan fingerprint density at radius 3 is 2.36 bits per heavy atom. The van der Waals surface area contributed by atoms with E-state index in [0.717, 1.165) is 48.4 Å². The first-order valence-corrected chi connectivity index (χ1v) is 13.6. The SMILES string of the molecule is CCn1c(-c2nonc2N)nc2c(-c3ccccc3)ncc(OCCCNCCc3ccc(N)cc3)c21.O=C(O)C(F)(F)F. The third kappa shape index (κ3) is 7.80. The number of carbonyl (C=O) groups is 1. The summed E-state index contributed by atoms with van der Waals surface area (Å²) in [5.74, 6) is -1.35. The van der Waals surface area contributed by atoms with E-state index in [1.54, 1.807) is 6.20 Å². The number of aryl methyl sites for hydroxylation is 1. The Balaban J connectivity index is 0.000000566. The van der Waals surface area contributed by atoms with Gasteiger partial charge in [-0.2, -0.15) is 13.2 Å². The average molecular weight is 613 g/mol. The second kappa shape index (κ2) is 14.3. The standard InChI is InChI=1S/C27H30N8O2.C2HF3O2/c1-2-35-25-21(36-16-6-14-30-15-13-18-9-11-20(28)12-10-18)17-31-22(19-7-4-3-5-8-19)23(25)32-27(35)24-26(29)34-37-33-24;3-2(4,5)1(6)7/h3-5,7-12,17,30H,2,6,13-16,28H2,1H3,(H2,29,34);(H,6,7). The number of pyridine rings is 1. The Kier molecular flexibility index (Phi) is 10.3. The van der Waals surface area contributed by atoms with Crippen molar-refractivity contribution in [3.63, 3.8) is 0 Å². The summed E-state index contributed by atoms with van der Waals surface area (Å²) < 4.78 is 44.8. The summed E-state index contributed by atoms with van der Waals surface area (Å²) in [4.78, 5) is 18.5. The molecular formula is C29H31F3N8O4. The third-order valence-corrected chi connectivity index (χ3v) is 6.39. The van der Waals surface area contributed by atoms with Crippen molar-refractivity contribution in [2.75, 3.05) is 31.2 Å². The first-order chi connectivity index (χ1) is 21.1. The van der Waals surface area contributed by atoms with Crippen molar-refractivity contribution in [2.24, 2.45) is 0 Å². The number of rotatable bonds is 11. The van der Waals surface area contributed by atoms with Crippen molar-refractivity contribution in [1.29, 1.82) is 0 Å². The molecule has 6 N–H and O–H groups in total. The van der Waals surface area contributed by atoms with E-state index in [4.69, 9.17) is 40.7 Å². The fraction of sp³-hybridized carbons (Fsp3) is 0.276. The number of nitrogens with zero attached hydrogens (tertiary/aromatic N) is 5. The summed E-state index contributed by atoms with van der Waals surface area (Å²) >= 11 is 0. The molecule has 2 aromatic carbocycles. The lowest BCUT2D eigenvalue weighted by Gasteiger charge is -2.12. The van der Waals surface area contributed by atoms with Gasteiger partial charge in [-0.25, -0.2) is 19.4 Å². The highest BCUT2D eigenvalue weighted by atomic mass is 19.4. The molecule has 232 valence electrons. The molecule has 3 heterocycles. The van der Waals surface area contributed by atoms with Crippen LogP contribution in [0.25, 0.3) is 33.8 Å². The molecule has 15 heteroatoms. The summed E-state index contributed by atoms with van der Waals surface area (Å²) in [6.07, 6.45) is -1.52. The highest BCUT2D eigenvalue weighted by Crippen LogP contribution is 2.36. The van der Waals surface area contributed by atoms with Crippen LogP contribution in [0.5, 0.6) is 5.75 Å². The molecule has 0 amide bonds. The Hall–Kier alpha value is -5.18. The number of nitrogens with two attached hydrogens (primary N) is 2. The van der Waals surface area contributed by atoms with Gasteiger partial charge in [0.15, 0.2) is 23.1 Å². The summed E-state index contributed by atoms with van der Waals surface area (Å²) in [6, 6.07) is 17.9. The van der Waals surface area contributed by atoms with E-state index >= 15 is 0 Å². The number of hydrogen-bond acceptors (Lipinski definition) is 10. The molecule has 5 rings (SSSR count). The van der Waals surface area contributed by atoms with Gasteiger partial charge in [-0.05, 0) is 60.9 Å². The largest absolute Gasteiger partial charge is 0.490 e. The maximum absolute atomic E-state index is 10.6. The first kappa shape index (κ1) is 31.7. The summed E-state index contributed by atoms with van der Waals surface area (Å²) in [5.41, 5.74) is 17.5. The minimum Gasteiger partial charge on any atom is -0.490 e. The molecule has 0 saturated carbocycles. The predicted octanol–water partition coefficient (Wildman–Crippen LogP) is 4.57. The summed E-state index contributed by atoms with van der Waals surface area (Å²) in [5, 5.41) is 18.3. The van der Waals surface area contributed by atoms with Crippen LogP contribution in [0.2, 0.25) is 0 Å². The van der Waals surface area contributed by atoms with Gasteiger partial charge in [0.1, 0.15) is 11.0 Å². The van der Waals surface area contributed by atoms with Gasteiger partial charge in [-0.1, -0.05) is 42.5 Å². The van der Waals surface area contributed by atoms with Crippen molar-refractivity contribution < 1.29 is 32.4 Å². The van der Waals surface area contributed by atoms with Crippen LogP contribution < -0.4 is 21.5 Å². The van der Waals surface area contributed by atoms with Crippen LogP contribution in [-0.4, -0.2) is 61.8 Å². The van der Waals surface area contributed by atoms with Gasteiger partial charge >= 0.3 is 12.1 Å². The van der Waals surface area contributed by atoms with Crippen LogP contribution >= 0.6 is 0 Å². The minimum atomic E-state index is -5.08. The average Bonchev–Trinajstić information content (AvgIpc) is 3.61. The lowest BCUT2D eigenvalue weighted by Crippen LogP contribution is -2.21. The maximum Gasteiger partial charge on any atom is 0.490 e. The zero-order valence-corrected chi connectivity index (χ0v) is 23.7. The lowest BCUT2D eigenvalue weighted by atomic mass is 10.1. The Bertz CT molecular complexity index is 1670. The lowest BCUT2D eigenvalue weighted by molar-refractivity contribution is -0.192. The van der Waals surface area contributed by atoms with Crippen LogP contribution in [0.3, 0.4) is 0 Å². The van der Waals surface area contributed by atoms with Gasteiger partial charge in [0.05, 0.1) is 18.5 Å². The Labute approximate surface area is 249 Å². The fourth-order valence-corrected chi connectivity index (χ4v) is 4.29. The van der Waals surface area contributed by atoms with Gasteiger partial charge < -0.3 is 31.2 Å². The predicted molar refractivity (Wildman–Crippen MR) is 158 cm³/mol. The van der Waals surface area contributed by atoms with Crippen molar-refractivity contribution in [2.45, 2.75) is 32.5 Å². The van der Waals surface area contributed by atoms with Crippen molar-refractivity contribution in [3.05, 3.63) is 66.4 Å². The molecule has 0 aliphatic rings. The van der Waals surface area contributed by atoms with E-state index in [1.807, 2.05) is 54.0 Å². The number of carboxylic acid groups (broad SMARTS) is 1. The number of nitrogens with one attached hydrogen (secondary N) is 1. The maximum atomic E-state index is 10.6. The second-order valence-electron chi connectivity index (χ2n) is 9.46. The van der Waals surface area contributed by atoms with Crippen molar-refractivity contribution in [3.8, 4) is 28.5 Å². The van der Waals surface area contributed by atoms with Gasteiger partial charge in [-0.15, -0.1) is 0 Å². The first-order valence-electron chi connectivity index (χ1n) is 13.6. The number of nitrogen functional groups attached to an aromatic ring is 2. The van der Waals surface area contributed by atoms with Gasteiger partial charge in [-0.3, -0.25) is 0 Å². The number of hydrogen-bond donors (Lipinski definition) is 4. The van der Waals surface area contributed by atoms with Crippen LogP contribution in [0, 0.1) is 0 Å². The molecule has 0 radical (unpaired) electrons. The number of ether oxygens (including phenoxy) is 1. The normalized spacial score (nSPS) is 11.3. The minimum absolute atomic E-state index is 0.187. The van der Waals surface area contributed by atoms with Gasteiger partial charge in [0, 0.05) is 17.8 Å². The molecule has 0 atom stereocenters. The highest BCUT2D eigenvalue weighted by molar-refractivity contribution is 5.95. The number of imidazole rings is 1. The fourth-order valence-electron chi connectivity index (χ4n) is 4.29. The molecule has 0 aliphatic carbocycles. The van der Waals surface area contributed by atoms with Crippen molar-refractivity contribution in [1.82, 2.24) is 30.2 Å². The Morgan fingerprint density at radius 1 is 1.05 bits per heavy atom. The number of fused-ring (bicyclic) bond motifs is 1. The third-order valence-electron chi connectivity index (χ3n) is 6.39. The van der Waals surface area contributed by atoms with E-state index in [-0.39, 0.29) is 5.82 Å². The molecule has 5 aromatic rings. The van der Waals surface area contributed by atoms with E-state index < -0.39 is 12.1 Å². The molecule has 0 saturated heterocycles. The van der Waals surface area contributed by atoms with E-state index in [9.17, 15) is 13.2 Å². The quantitative estimate of drug-likeness (QED) is 0.121. The summed E-state index contributed by atoms with van der Waals surface area (Å²) in [7, 11) is 0. The smallest absolute Gasteiger partial charge is 0.490 e.